The van der Waals surface area contributed by atoms with E-state index >= 15 is 0 Å². The first-order valence-electron chi connectivity index (χ1n) is 9.23. The van der Waals surface area contributed by atoms with Crippen LogP contribution in [0.25, 0.3) is 11.0 Å². The van der Waals surface area contributed by atoms with Crippen LogP contribution in [0.3, 0.4) is 0 Å². The summed E-state index contributed by atoms with van der Waals surface area (Å²) in [5.74, 6) is 0.610. The summed E-state index contributed by atoms with van der Waals surface area (Å²) in [5, 5.41) is 3.74. The predicted octanol–water partition coefficient (Wildman–Crippen LogP) is 4.01. The third-order valence-electron chi connectivity index (χ3n) is 4.15. The van der Waals surface area contributed by atoms with Gasteiger partial charge in [0.05, 0.1) is 12.6 Å². The van der Waals surface area contributed by atoms with Crippen LogP contribution in [0.1, 0.15) is 31.6 Å². The second-order valence-corrected chi connectivity index (χ2v) is 6.40. The molecule has 6 heteroatoms. The molecule has 1 amide bonds. The van der Waals surface area contributed by atoms with Crippen molar-refractivity contribution in [3.8, 4) is 5.75 Å². The number of carbonyl (C=O) groups excluding carboxylic acids is 2. The van der Waals surface area contributed by atoms with Gasteiger partial charge in [-0.2, -0.15) is 0 Å². The van der Waals surface area contributed by atoms with E-state index in [4.69, 9.17) is 13.9 Å². The van der Waals surface area contributed by atoms with E-state index in [0.717, 1.165) is 16.7 Å². The molecule has 1 N–H and O–H groups in total. The lowest BCUT2D eigenvalue weighted by Crippen LogP contribution is -2.31. The van der Waals surface area contributed by atoms with Gasteiger partial charge in [-0.3, -0.25) is 9.59 Å². The molecule has 0 bridgehead atoms. The van der Waals surface area contributed by atoms with Crippen molar-refractivity contribution in [3.05, 3.63) is 66.4 Å². The Bertz CT molecular complexity index is 886. The van der Waals surface area contributed by atoms with Crippen LogP contribution in [0.5, 0.6) is 5.75 Å². The summed E-state index contributed by atoms with van der Waals surface area (Å²) in [6, 6.07) is 18.6. The second-order valence-electron chi connectivity index (χ2n) is 6.40. The summed E-state index contributed by atoms with van der Waals surface area (Å²) < 4.78 is 16.2. The smallest absolute Gasteiger partial charge is 0.306 e. The molecule has 6 nitrogen and oxygen atoms in total. The molecule has 0 radical (unpaired) electrons. The van der Waals surface area contributed by atoms with Gasteiger partial charge < -0.3 is 19.2 Å². The van der Waals surface area contributed by atoms with E-state index in [1.54, 1.807) is 0 Å². The number of esters is 1. The van der Waals surface area contributed by atoms with Crippen LogP contribution < -0.4 is 10.1 Å². The molecule has 0 aliphatic heterocycles. The first-order chi connectivity index (χ1) is 13.6. The first kappa shape index (κ1) is 19.5. The van der Waals surface area contributed by atoms with E-state index in [0.29, 0.717) is 18.8 Å². The molecule has 146 valence electrons. The van der Waals surface area contributed by atoms with Crippen LogP contribution in [0.4, 0.5) is 0 Å². The van der Waals surface area contributed by atoms with Gasteiger partial charge in [-0.25, -0.2) is 0 Å². The van der Waals surface area contributed by atoms with Gasteiger partial charge in [-0.1, -0.05) is 36.4 Å². The molecule has 1 atom stereocenters. The number of nitrogens with one attached hydrogen (secondary N) is 1. The molecule has 3 aromatic rings. The molecule has 0 aliphatic carbocycles. The van der Waals surface area contributed by atoms with Crippen LogP contribution in [-0.2, 0) is 14.3 Å². The number of furan rings is 1. The van der Waals surface area contributed by atoms with E-state index in [1.807, 2.05) is 67.6 Å². The standard InChI is InChI=1S/C22H23NO5/c1-16(20-14-17-8-5-6-11-19(17)28-20)23-21(24)15-27-22(25)12-7-13-26-18-9-3-2-4-10-18/h2-6,8-11,14,16H,7,12-13,15H2,1H3,(H,23,24)/t16-/m1/s1. The number of benzene rings is 2. The minimum Gasteiger partial charge on any atom is -0.494 e. The fraction of sp³-hybridized carbons (Fsp3) is 0.273. The maximum atomic E-state index is 12.0. The minimum absolute atomic E-state index is 0.194. The highest BCUT2D eigenvalue weighted by Gasteiger charge is 2.15. The van der Waals surface area contributed by atoms with E-state index in [1.165, 1.54) is 0 Å². The molecule has 0 spiro atoms. The summed E-state index contributed by atoms with van der Waals surface area (Å²) in [4.78, 5) is 23.8. The summed E-state index contributed by atoms with van der Waals surface area (Å²) in [6.45, 7) is 1.91. The average molecular weight is 381 g/mol. The predicted molar refractivity (Wildman–Crippen MR) is 105 cm³/mol. The van der Waals surface area contributed by atoms with Gasteiger partial charge in [0.1, 0.15) is 17.1 Å². The lowest BCUT2D eigenvalue weighted by Gasteiger charge is -2.11. The number of hydrogen-bond donors (Lipinski definition) is 1. The summed E-state index contributed by atoms with van der Waals surface area (Å²) in [6.07, 6.45) is 0.712. The van der Waals surface area contributed by atoms with Gasteiger partial charge in [-0.05, 0) is 37.6 Å². The molecule has 3 rings (SSSR count). The van der Waals surface area contributed by atoms with Crippen LogP contribution in [0.2, 0.25) is 0 Å². The molecule has 1 aromatic heterocycles. The van der Waals surface area contributed by atoms with Crippen molar-refractivity contribution in [2.45, 2.75) is 25.8 Å². The fourth-order valence-electron chi connectivity index (χ4n) is 2.71. The van der Waals surface area contributed by atoms with Crippen molar-refractivity contribution < 1.29 is 23.5 Å². The molecule has 0 fully saturated rings. The number of carbonyl (C=O) groups is 2. The molecular formula is C22H23NO5. The van der Waals surface area contributed by atoms with Gasteiger partial charge in [0.25, 0.3) is 5.91 Å². The van der Waals surface area contributed by atoms with E-state index in [-0.39, 0.29) is 25.0 Å². The summed E-state index contributed by atoms with van der Waals surface area (Å²) in [7, 11) is 0. The Morgan fingerprint density at radius 1 is 1.07 bits per heavy atom. The molecule has 0 saturated heterocycles. The van der Waals surface area contributed by atoms with Gasteiger partial charge >= 0.3 is 5.97 Å². The Labute approximate surface area is 163 Å². The maximum Gasteiger partial charge on any atom is 0.306 e. The number of fused-ring (bicyclic) bond motifs is 1. The van der Waals surface area contributed by atoms with E-state index in [2.05, 4.69) is 5.32 Å². The number of amides is 1. The molecule has 0 saturated carbocycles. The highest BCUT2D eigenvalue weighted by molar-refractivity contribution is 5.81. The zero-order valence-corrected chi connectivity index (χ0v) is 15.7. The first-order valence-corrected chi connectivity index (χ1v) is 9.23. The Morgan fingerprint density at radius 3 is 2.61 bits per heavy atom. The van der Waals surface area contributed by atoms with Crippen LogP contribution in [0.15, 0.2) is 65.1 Å². The zero-order valence-electron chi connectivity index (χ0n) is 15.7. The highest BCUT2D eigenvalue weighted by Crippen LogP contribution is 2.23. The lowest BCUT2D eigenvalue weighted by molar-refractivity contribution is -0.148. The molecule has 2 aromatic carbocycles. The van der Waals surface area contributed by atoms with Gasteiger partial charge in [0, 0.05) is 11.8 Å². The Hall–Kier alpha value is -3.28. The monoisotopic (exact) mass is 381 g/mol. The number of ether oxygens (including phenoxy) is 2. The third kappa shape index (κ3) is 5.61. The van der Waals surface area contributed by atoms with Gasteiger partial charge in [0.15, 0.2) is 6.61 Å². The Morgan fingerprint density at radius 2 is 1.82 bits per heavy atom. The third-order valence-corrected chi connectivity index (χ3v) is 4.15. The second kappa shape index (κ2) is 9.60. The molecule has 28 heavy (non-hydrogen) atoms. The number of rotatable bonds is 9. The molecule has 0 aliphatic rings. The highest BCUT2D eigenvalue weighted by atomic mass is 16.5. The van der Waals surface area contributed by atoms with Crippen LogP contribution >= 0.6 is 0 Å². The molecule has 0 unspecified atom stereocenters. The van der Waals surface area contributed by atoms with Crippen LogP contribution in [0, 0.1) is 0 Å². The largest absolute Gasteiger partial charge is 0.494 e. The average Bonchev–Trinajstić information content (AvgIpc) is 3.15. The normalized spacial score (nSPS) is 11.8. The molecule has 1 heterocycles. The van der Waals surface area contributed by atoms with Gasteiger partial charge in [-0.15, -0.1) is 0 Å². The van der Waals surface area contributed by atoms with Crippen molar-refractivity contribution in [2.75, 3.05) is 13.2 Å². The zero-order chi connectivity index (χ0) is 19.8. The van der Waals surface area contributed by atoms with Crippen molar-refractivity contribution in [3.63, 3.8) is 0 Å². The summed E-state index contributed by atoms with van der Waals surface area (Å²) >= 11 is 0. The summed E-state index contributed by atoms with van der Waals surface area (Å²) in [5.41, 5.74) is 0.766. The van der Waals surface area contributed by atoms with E-state index in [9.17, 15) is 9.59 Å². The molecular weight excluding hydrogens is 358 g/mol. The minimum atomic E-state index is -0.428. The fourth-order valence-corrected chi connectivity index (χ4v) is 2.71. The quantitative estimate of drug-likeness (QED) is 0.448. The lowest BCUT2D eigenvalue weighted by atomic mass is 10.2. The number of para-hydroxylation sites is 2. The topological polar surface area (TPSA) is 77.8 Å². The SMILES string of the molecule is C[C@@H](NC(=O)COC(=O)CCCOc1ccccc1)c1cc2ccccc2o1. The maximum absolute atomic E-state index is 12.0. The van der Waals surface area contributed by atoms with Crippen molar-refractivity contribution in [1.29, 1.82) is 0 Å². The van der Waals surface area contributed by atoms with E-state index < -0.39 is 5.97 Å². The van der Waals surface area contributed by atoms with Crippen LogP contribution in [-0.4, -0.2) is 25.1 Å². The van der Waals surface area contributed by atoms with Gasteiger partial charge in [0.2, 0.25) is 0 Å². The van der Waals surface area contributed by atoms with Crippen molar-refractivity contribution in [1.82, 2.24) is 5.32 Å². The Balaban J connectivity index is 1.34. The van der Waals surface area contributed by atoms with Crippen molar-refractivity contribution >= 4 is 22.8 Å². The Kier molecular flexibility index (Phi) is 6.68. The number of hydrogen-bond acceptors (Lipinski definition) is 5. The van der Waals surface area contributed by atoms with Crippen molar-refractivity contribution in [2.24, 2.45) is 0 Å².